The summed E-state index contributed by atoms with van der Waals surface area (Å²) in [7, 11) is 0. The summed E-state index contributed by atoms with van der Waals surface area (Å²) in [4.78, 5) is 0. The smallest absolute Gasteiger partial charge is 0.204 e. The van der Waals surface area contributed by atoms with Crippen LogP contribution in [0.25, 0.3) is 0 Å². The normalized spacial score (nSPS) is 19.1. The van der Waals surface area contributed by atoms with Gasteiger partial charge in [-0.25, -0.2) is 0 Å². The lowest BCUT2D eigenvalue weighted by molar-refractivity contribution is 0.610. The molecule has 1 aliphatic carbocycles. The van der Waals surface area contributed by atoms with Gasteiger partial charge in [0.15, 0.2) is 3.95 Å². The molecule has 0 unspecified atom stereocenters. The molecule has 66 valence electrons. The number of nitrogens with zero attached hydrogens (tertiary/aromatic N) is 1. The van der Waals surface area contributed by atoms with Crippen molar-refractivity contribution >= 4 is 28.7 Å². The molecule has 1 heterocycles. The number of H-pyrrole nitrogens is 1. The minimum absolute atomic E-state index is 0.521. The maximum absolute atomic E-state index is 4.92. The molecule has 12 heavy (non-hydrogen) atoms. The lowest BCUT2D eigenvalue weighted by Crippen LogP contribution is -2.11. The largest absolute Gasteiger partial charge is 0.360 e. The van der Waals surface area contributed by atoms with Crippen LogP contribution in [0.15, 0.2) is 0 Å². The van der Waals surface area contributed by atoms with Gasteiger partial charge in [-0.3, -0.25) is 5.10 Å². The van der Waals surface area contributed by atoms with E-state index < -0.39 is 0 Å². The molecule has 0 saturated heterocycles. The molecular formula is C7H11N3S2. The third-order valence-electron chi connectivity index (χ3n) is 2.21. The minimum Gasteiger partial charge on any atom is -0.360 e. The minimum atomic E-state index is 0.521. The highest BCUT2D eigenvalue weighted by Gasteiger charge is 2.36. The quantitative estimate of drug-likeness (QED) is 0.738. The zero-order chi connectivity index (χ0) is 8.60. The molecule has 2 rings (SSSR count). The van der Waals surface area contributed by atoms with Crippen molar-refractivity contribution in [2.45, 2.75) is 19.8 Å². The molecule has 2 N–H and O–H groups in total. The van der Waals surface area contributed by atoms with E-state index in [1.807, 2.05) is 0 Å². The van der Waals surface area contributed by atoms with Crippen LogP contribution in [0.5, 0.6) is 0 Å². The van der Waals surface area contributed by atoms with Crippen molar-refractivity contribution in [3.8, 4) is 0 Å². The molecule has 1 aliphatic rings. The van der Waals surface area contributed by atoms with E-state index in [1.54, 1.807) is 0 Å². The first-order chi connectivity index (χ1) is 5.68. The SMILES string of the molecule is CC1(CNc2n[nH]c(=S)s2)CC1. The lowest BCUT2D eigenvalue weighted by Gasteiger charge is -2.06. The molecule has 1 saturated carbocycles. The Labute approximate surface area is 80.2 Å². The van der Waals surface area contributed by atoms with Crippen molar-refractivity contribution in [2.75, 3.05) is 11.9 Å². The number of aromatic amines is 1. The summed E-state index contributed by atoms with van der Waals surface area (Å²) in [6.07, 6.45) is 2.66. The Morgan fingerprint density at radius 3 is 3.00 bits per heavy atom. The number of nitrogens with one attached hydrogen (secondary N) is 2. The van der Waals surface area contributed by atoms with Crippen LogP contribution in [0.2, 0.25) is 0 Å². The van der Waals surface area contributed by atoms with Crippen molar-refractivity contribution < 1.29 is 0 Å². The first-order valence-electron chi connectivity index (χ1n) is 3.97. The van der Waals surface area contributed by atoms with Crippen LogP contribution >= 0.6 is 23.6 Å². The van der Waals surface area contributed by atoms with E-state index in [9.17, 15) is 0 Å². The van der Waals surface area contributed by atoms with Gasteiger partial charge in [-0.05, 0) is 30.5 Å². The third-order valence-corrected chi connectivity index (χ3v) is 3.25. The maximum Gasteiger partial charge on any atom is 0.204 e. The number of aromatic nitrogens is 2. The topological polar surface area (TPSA) is 40.7 Å². The predicted octanol–water partition coefficient (Wildman–Crippen LogP) is 2.41. The van der Waals surface area contributed by atoms with E-state index in [0.29, 0.717) is 5.41 Å². The van der Waals surface area contributed by atoms with Crippen molar-refractivity contribution in [1.82, 2.24) is 10.2 Å². The molecular weight excluding hydrogens is 190 g/mol. The zero-order valence-corrected chi connectivity index (χ0v) is 8.52. The molecule has 0 radical (unpaired) electrons. The van der Waals surface area contributed by atoms with Gasteiger partial charge in [0.25, 0.3) is 0 Å². The van der Waals surface area contributed by atoms with Crippen LogP contribution in [-0.2, 0) is 0 Å². The van der Waals surface area contributed by atoms with Gasteiger partial charge in [-0.1, -0.05) is 18.3 Å². The van der Waals surface area contributed by atoms with Crippen molar-refractivity contribution in [1.29, 1.82) is 0 Å². The Bertz CT molecular complexity index is 323. The van der Waals surface area contributed by atoms with Gasteiger partial charge in [-0.15, -0.1) is 5.10 Å². The molecule has 1 aromatic rings. The molecule has 1 fully saturated rings. The van der Waals surface area contributed by atoms with E-state index in [-0.39, 0.29) is 0 Å². The second-order valence-corrected chi connectivity index (χ2v) is 5.25. The van der Waals surface area contributed by atoms with Crippen LogP contribution in [0.1, 0.15) is 19.8 Å². The number of anilines is 1. The average Bonchev–Trinajstić information content (AvgIpc) is 2.60. The van der Waals surface area contributed by atoms with Crippen molar-refractivity contribution in [2.24, 2.45) is 5.41 Å². The molecule has 0 bridgehead atoms. The van der Waals surface area contributed by atoms with Gasteiger partial charge in [0, 0.05) is 6.54 Å². The summed E-state index contributed by atoms with van der Waals surface area (Å²) in [6.45, 7) is 3.30. The van der Waals surface area contributed by atoms with Crippen molar-refractivity contribution in [3.63, 3.8) is 0 Å². The summed E-state index contributed by atoms with van der Waals surface area (Å²) < 4.78 is 0.735. The van der Waals surface area contributed by atoms with Crippen LogP contribution in [0.4, 0.5) is 5.13 Å². The maximum atomic E-state index is 4.92. The molecule has 3 nitrogen and oxygen atoms in total. The van der Waals surface area contributed by atoms with Gasteiger partial charge in [0.05, 0.1) is 0 Å². The Kier molecular flexibility index (Phi) is 1.92. The highest BCUT2D eigenvalue weighted by Crippen LogP contribution is 2.44. The molecule has 0 amide bonds. The van der Waals surface area contributed by atoms with Gasteiger partial charge >= 0.3 is 0 Å². The summed E-state index contributed by atoms with van der Waals surface area (Å²) >= 11 is 6.41. The van der Waals surface area contributed by atoms with E-state index in [1.165, 1.54) is 24.2 Å². The van der Waals surface area contributed by atoms with Gasteiger partial charge in [-0.2, -0.15) is 0 Å². The lowest BCUT2D eigenvalue weighted by atomic mass is 10.1. The first-order valence-corrected chi connectivity index (χ1v) is 5.20. The van der Waals surface area contributed by atoms with Crippen molar-refractivity contribution in [3.05, 3.63) is 3.95 Å². The van der Waals surface area contributed by atoms with Crippen LogP contribution in [0.3, 0.4) is 0 Å². The second-order valence-electron chi connectivity index (χ2n) is 3.58. The Hall–Kier alpha value is -0.420. The van der Waals surface area contributed by atoms with Gasteiger partial charge < -0.3 is 5.32 Å². The van der Waals surface area contributed by atoms with E-state index >= 15 is 0 Å². The van der Waals surface area contributed by atoms with E-state index in [2.05, 4.69) is 22.4 Å². The van der Waals surface area contributed by atoms with Crippen LogP contribution in [0, 0.1) is 9.37 Å². The highest BCUT2D eigenvalue weighted by atomic mass is 32.1. The summed E-state index contributed by atoms with van der Waals surface area (Å²) in [5.74, 6) is 0. The number of hydrogen-bond acceptors (Lipinski definition) is 4. The summed E-state index contributed by atoms with van der Waals surface area (Å²) in [5, 5.41) is 11.0. The first kappa shape index (κ1) is 8.19. The van der Waals surface area contributed by atoms with Crippen LogP contribution in [-0.4, -0.2) is 16.7 Å². The molecule has 0 aliphatic heterocycles. The van der Waals surface area contributed by atoms with E-state index in [4.69, 9.17) is 12.2 Å². The Balaban J connectivity index is 1.91. The molecule has 5 heteroatoms. The third kappa shape index (κ3) is 1.84. The van der Waals surface area contributed by atoms with Gasteiger partial charge in [0.1, 0.15) is 0 Å². The fourth-order valence-electron chi connectivity index (χ4n) is 0.985. The zero-order valence-electron chi connectivity index (χ0n) is 6.89. The standard InChI is InChI=1S/C7H11N3S2/c1-7(2-3-7)4-8-5-9-10-6(11)12-5/h2-4H2,1H3,(H,8,9)(H,10,11). The monoisotopic (exact) mass is 201 g/mol. The fourth-order valence-corrected chi connectivity index (χ4v) is 1.77. The molecule has 0 atom stereocenters. The summed E-state index contributed by atoms with van der Waals surface area (Å²) in [5.41, 5.74) is 0.521. The molecule has 0 spiro atoms. The Morgan fingerprint density at radius 2 is 2.50 bits per heavy atom. The fraction of sp³-hybridized carbons (Fsp3) is 0.714. The molecule has 1 aromatic heterocycles. The van der Waals surface area contributed by atoms with Crippen LogP contribution < -0.4 is 5.32 Å². The molecule has 0 aromatic carbocycles. The second kappa shape index (κ2) is 2.81. The average molecular weight is 201 g/mol. The number of rotatable bonds is 3. The number of hydrogen-bond donors (Lipinski definition) is 2. The van der Waals surface area contributed by atoms with Gasteiger partial charge in [0.2, 0.25) is 5.13 Å². The Morgan fingerprint density at radius 1 is 1.75 bits per heavy atom. The predicted molar refractivity (Wildman–Crippen MR) is 53.1 cm³/mol. The van der Waals surface area contributed by atoms with E-state index in [0.717, 1.165) is 15.6 Å². The summed E-state index contributed by atoms with van der Waals surface area (Å²) in [6, 6.07) is 0. The highest BCUT2D eigenvalue weighted by molar-refractivity contribution is 7.73.